The smallest absolute Gasteiger partial charge is 0.313 e. The summed E-state index contributed by atoms with van der Waals surface area (Å²) in [5.74, 6) is 0.191. The quantitative estimate of drug-likeness (QED) is 0.845. The van der Waals surface area contributed by atoms with E-state index < -0.39 is 5.97 Å². The second-order valence-corrected chi connectivity index (χ2v) is 6.04. The van der Waals surface area contributed by atoms with Gasteiger partial charge in [-0.2, -0.15) is 0 Å². The van der Waals surface area contributed by atoms with Crippen molar-refractivity contribution in [3.05, 3.63) is 29.8 Å². The molecule has 4 nitrogen and oxygen atoms in total. The van der Waals surface area contributed by atoms with E-state index in [2.05, 4.69) is 5.32 Å². The Hall–Kier alpha value is -1.49. The Morgan fingerprint density at radius 2 is 2.05 bits per heavy atom. The van der Waals surface area contributed by atoms with Crippen LogP contribution in [0.2, 0.25) is 0 Å². The molecule has 0 spiro atoms. The zero-order valence-electron chi connectivity index (χ0n) is 11.3. The van der Waals surface area contributed by atoms with Crippen LogP contribution in [0.3, 0.4) is 0 Å². The zero-order chi connectivity index (χ0) is 14.4. The van der Waals surface area contributed by atoms with Gasteiger partial charge in [0.05, 0.1) is 5.75 Å². The second-order valence-electron chi connectivity index (χ2n) is 5.06. The lowest BCUT2D eigenvalue weighted by Gasteiger charge is -2.11. The summed E-state index contributed by atoms with van der Waals surface area (Å²) in [5, 5.41) is 11.6. The van der Waals surface area contributed by atoms with Crippen LogP contribution in [-0.4, -0.2) is 22.7 Å². The van der Waals surface area contributed by atoms with Crippen LogP contribution in [0.5, 0.6) is 0 Å². The van der Waals surface area contributed by atoms with E-state index in [0.717, 1.165) is 36.9 Å². The highest BCUT2D eigenvalue weighted by Gasteiger charge is 2.22. The second kappa shape index (κ2) is 7.33. The number of carboxylic acids is 1. The van der Waals surface area contributed by atoms with Gasteiger partial charge in [0.25, 0.3) is 0 Å². The SMILES string of the molecule is O=C(O)CSCc1cccc(NC(=O)C2CCCC2)c1. The molecular formula is C15H19NO3S. The fraction of sp³-hybridized carbons (Fsp3) is 0.467. The van der Waals surface area contributed by atoms with Crippen LogP contribution in [0.4, 0.5) is 5.69 Å². The maximum Gasteiger partial charge on any atom is 0.313 e. The molecule has 1 fully saturated rings. The monoisotopic (exact) mass is 293 g/mol. The summed E-state index contributed by atoms with van der Waals surface area (Å²) in [6.45, 7) is 0. The molecule has 0 aromatic heterocycles. The third-order valence-electron chi connectivity index (χ3n) is 3.41. The number of hydrogen-bond donors (Lipinski definition) is 2. The van der Waals surface area contributed by atoms with E-state index >= 15 is 0 Å². The summed E-state index contributed by atoms with van der Waals surface area (Å²) < 4.78 is 0. The average molecular weight is 293 g/mol. The molecular weight excluding hydrogens is 274 g/mol. The summed E-state index contributed by atoms with van der Waals surface area (Å²) in [6.07, 6.45) is 4.26. The number of hydrogen-bond acceptors (Lipinski definition) is 3. The molecule has 5 heteroatoms. The molecule has 0 unspecified atom stereocenters. The predicted molar refractivity (Wildman–Crippen MR) is 80.8 cm³/mol. The Kier molecular flexibility index (Phi) is 5.47. The number of thioether (sulfide) groups is 1. The highest BCUT2D eigenvalue weighted by molar-refractivity contribution is 7.99. The van der Waals surface area contributed by atoms with Gasteiger partial charge in [0.2, 0.25) is 5.91 Å². The number of benzene rings is 1. The van der Waals surface area contributed by atoms with Crippen LogP contribution in [-0.2, 0) is 15.3 Å². The van der Waals surface area contributed by atoms with Gasteiger partial charge in [-0.25, -0.2) is 0 Å². The van der Waals surface area contributed by atoms with Gasteiger partial charge < -0.3 is 10.4 Å². The van der Waals surface area contributed by atoms with Crippen molar-refractivity contribution in [3.8, 4) is 0 Å². The molecule has 1 aliphatic carbocycles. The van der Waals surface area contributed by atoms with Crippen molar-refractivity contribution in [2.45, 2.75) is 31.4 Å². The van der Waals surface area contributed by atoms with Gasteiger partial charge >= 0.3 is 5.97 Å². The Bertz CT molecular complexity index is 484. The predicted octanol–water partition coefficient (Wildman–Crippen LogP) is 3.13. The van der Waals surface area contributed by atoms with Crippen molar-refractivity contribution in [2.24, 2.45) is 5.92 Å². The van der Waals surface area contributed by atoms with Crippen molar-refractivity contribution in [1.82, 2.24) is 0 Å². The van der Waals surface area contributed by atoms with Crippen molar-refractivity contribution < 1.29 is 14.7 Å². The normalized spacial score (nSPS) is 15.2. The Balaban J connectivity index is 1.88. The van der Waals surface area contributed by atoms with Gasteiger partial charge in [0.15, 0.2) is 0 Å². The lowest BCUT2D eigenvalue weighted by atomic mass is 10.1. The summed E-state index contributed by atoms with van der Waals surface area (Å²) in [5.41, 5.74) is 1.83. The number of carbonyl (C=O) groups excluding carboxylic acids is 1. The van der Waals surface area contributed by atoms with Crippen LogP contribution in [0.25, 0.3) is 0 Å². The number of carbonyl (C=O) groups is 2. The molecule has 1 aliphatic rings. The fourth-order valence-corrected chi connectivity index (χ4v) is 3.12. The van der Waals surface area contributed by atoms with E-state index in [4.69, 9.17) is 5.11 Å². The van der Waals surface area contributed by atoms with Gasteiger partial charge in [-0.3, -0.25) is 9.59 Å². The van der Waals surface area contributed by atoms with Crippen LogP contribution in [0.1, 0.15) is 31.2 Å². The van der Waals surface area contributed by atoms with Gasteiger partial charge in [-0.05, 0) is 30.5 Å². The first-order chi connectivity index (χ1) is 9.65. The minimum atomic E-state index is -0.805. The van der Waals surface area contributed by atoms with Gasteiger partial charge in [-0.1, -0.05) is 25.0 Å². The summed E-state index contributed by atoms with van der Waals surface area (Å²) in [6, 6.07) is 7.63. The Morgan fingerprint density at radius 3 is 2.75 bits per heavy atom. The first kappa shape index (κ1) is 14.9. The number of amides is 1. The van der Waals surface area contributed by atoms with Crippen molar-refractivity contribution >= 4 is 29.3 Å². The molecule has 108 valence electrons. The molecule has 1 amide bonds. The highest BCUT2D eigenvalue weighted by atomic mass is 32.2. The van der Waals surface area contributed by atoms with E-state index in [0.29, 0.717) is 5.75 Å². The highest BCUT2D eigenvalue weighted by Crippen LogP contribution is 2.26. The third-order valence-corrected chi connectivity index (χ3v) is 4.40. The molecule has 0 aliphatic heterocycles. The number of rotatable bonds is 6. The topological polar surface area (TPSA) is 66.4 Å². The maximum absolute atomic E-state index is 12.0. The number of nitrogens with one attached hydrogen (secondary N) is 1. The first-order valence-corrected chi connectivity index (χ1v) is 8.00. The number of aliphatic carboxylic acids is 1. The molecule has 2 N–H and O–H groups in total. The molecule has 1 aromatic carbocycles. The van der Waals surface area contributed by atoms with Crippen LogP contribution < -0.4 is 5.32 Å². The third kappa shape index (κ3) is 4.56. The molecule has 0 heterocycles. The molecule has 20 heavy (non-hydrogen) atoms. The summed E-state index contributed by atoms with van der Waals surface area (Å²) in [7, 11) is 0. The number of anilines is 1. The molecule has 0 radical (unpaired) electrons. The number of carboxylic acid groups (broad SMARTS) is 1. The van der Waals surface area contributed by atoms with E-state index in [-0.39, 0.29) is 17.6 Å². The van der Waals surface area contributed by atoms with Crippen LogP contribution in [0, 0.1) is 5.92 Å². The molecule has 0 bridgehead atoms. The van der Waals surface area contributed by atoms with E-state index in [1.165, 1.54) is 11.8 Å². The van der Waals surface area contributed by atoms with E-state index in [1.54, 1.807) is 0 Å². The van der Waals surface area contributed by atoms with E-state index in [1.807, 2.05) is 24.3 Å². The standard InChI is InChI=1S/C15H19NO3S/c17-14(18)10-20-9-11-4-3-7-13(8-11)16-15(19)12-5-1-2-6-12/h3-4,7-8,12H,1-2,5-6,9-10H2,(H,16,19)(H,17,18). The molecule has 1 aromatic rings. The first-order valence-electron chi connectivity index (χ1n) is 6.84. The lowest BCUT2D eigenvalue weighted by Crippen LogP contribution is -2.20. The average Bonchev–Trinajstić information content (AvgIpc) is 2.92. The van der Waals surface area contributed by atoms with Crippen LogP contribution >= 0.6 is 11.8 Å². The van der Waals surface area contributed by atoms with Gasteiger partial charge in [0, 0.05) is 17.4 Å². The molecule has 1 saturated carbocycles. The minimum Gasteiger partial charge on any atom is -0.481 e. The van der Waals surface area contributed by atoms with Gasteiger partial charge in [0.1, 0.15) is 0 Å². The van der Waals surface area contributed by atoms with Crippen molar-refractivity contribution in [1.29, 1.82) is 0 Å². The Labute approximate surface area is 123 Å². The summed E-state index contributed by atoms with van der Waals surface area (Å²) >= 11 is 1.36. The van der Waals surface area contributed by atoms with Crippen LogP contribution in [0.15, 0.2) is 24.3 Å². The lowest BCUT2D eigenvalue weighted by molar-refractivity contribution is -0.133. The largest absolute Gasteiger partial charge is 0.481 e. The minimum absolute atomic E-state index is 0.0959. The molecule has 0 saturated heterocycles. The fourth-order valence-electron chi connectivity index (χ4n) is 2.43. The van der Waals surface area contributed by atoms with Crippen molar-refractivity contribution in [2.75, 3.05) is 11.1 Å². The molecule has 2 rings (SSSR count). The van der Waals surface area contributed by atoms with E-state index in [9.17, 15) is 9.59 Å². The Morgan fingerprint density at radius 1 is 1.30 bits per heavy atom. The molecule has 0 atom stereocenters. The maximum atomic E-state index is 12.0. The van der Waals surface area contributed by atoms with Gasteiger partial charge in [-0.15, -0.1) is 11.8 Å². The summed E-state index contributed by atoms with van der Waals surface area (Å²) in [4.78, 5) is 22.5. The zero-order valence-corrected chi connectivity index (χ0v) is 12.1. The van der Waals surface area contributed by atoms with Crippen molar-refractivity contribution in [3.63, 3.8) is 0 Å².